The summed E-state index contributed by atoms with van der Waals surface area (Å²) in [5.74, 6) is 0.538. The van der Waals surface area contributed by atoms with Crippen molar-refractivity contribution in [3.8, 4) is 0 Å². The summed E-state index contributed by atoms with van der Waals surface area (Å²) >= 11 is 0. The van der Waals surface area contributed by atoms with Crippen LogP contribution in [-0.4, -0.2) is 28.5 Å². The number of nitrogens with two attached hydrogens (primary N) is 1. The molecule has 1 amide bonds. The molecule has 0 radical (unpaired) electrons. The van der Waals surface area contributed by atoms with Crippen LogP contribution in [0.5, 0.6) is 0 Å². The second-order valence-corrected chi connectivity index (χ2v) is 9.21. The Hall–Kier alpha value is -1.89. The van der Waals surface area contributed by atoms with E-state index in [1.165, 1.54) is 5.56 Å². The Labute approximate surface area is 191 Å². The fraction of sp³-hybridized carbons (Fsp3) is 0.500. The molecule has 3 N–H and O–H groups in total. The molecule has 1 aromatic heterocycles. The van der Waals surface area contributed by atoms with Gasteiger partial charge in [0.05, 0.1) is 17.3 Å². The lowest BCUT2D eigenvalue weighted by molar-refractivity contribution is -0.126. The second kappa shape index (κ2) is 9.94. The highest BCUT2D eigenvalue weighted by molar-refractivity contribution is 5.86. The molecule has 0 spiro atoms. The Balaban J connectivity index is 0.00000225. The summed E-state index contributed by atoms with van der Waals surface area (Å²) in [5.41, 5.74) is 8.29. The molecule has 30 heavy (non-hydrogen) atoms. The van der Waals surface area contributed by atoms with Crippen LogP contribution in [0, 0.1) is 5.41 Å². The zero-order chi connectivity index (χ0) is 20.5. The first-order valence-electron chi connectivity index (χ1n) is 9.76. The van der Waals surface area contributed by atoms with Gasteiger partial charge in [0, 0.05) is 25.4 Å². The number of amides is 1. The third-order valence-corrected chi connectivity index (χ3v) is 5.16. The van der Waals surface area contributed by atoms with E-state index >= 15 is 0 Å². The smallest absolute Gasteiger partial charge is 0.239 e. The van der Waals surface area contributed by atoms with E-state index in [1.54, 1.807) is 13.8 Å². The summed E-state index contributed by atoms with van der Waals surface area (Å²) in [5, 5.41) is 3.10. The summed E-state index contributed by atoms with van der Waals surface area (Å²) in [4.78, 5) is 23.9. The van der Waals surface area contributed by atoms with Gasteiger partial charge in [-0.15, -0.1) is 24.8 Å². The van der Waals surface area contributed by atoms with Gasteiger partial charge in [-0.3, -0.25) is 4.79 Å². The minimum atomic E-state index is -0.918. The van der Waals surface area contributed by atoms with Gasteiger partial charge in [0.25, 0.3) is 0 Å². The van der Waals surface area contributed by atoms with Crippen molar-refractivity contribution in [3.63, 3.8) is 0 Å². The van der Waals surface area contributed by atoms with Crippen molar-refractivity contribution in [2.75, 3.05) is 11.9 Å². The molecule has 8 heteroatoms. The Morgan fingerprint density at radius 3 is 2.50 bits per heavy atom. The van der Waals surface area contributed by atoms with Crippen LogP contribution in [0.15, 0.2) is 36.5 Å². The maximum atomic E-state index is 12.4. The molecule has 166 valence electrons. The highest BCUT2D eigenvalue weighted by atomic mass is 35.5. The molecule has 1 aliphatic rings. The number of carbonyl (C=O) groups excluding carboxylic acids is 1. The number of fused-ring (bicyclic) bond motifs is 1. The minimum Gasteiger partial charge on any atom is -0.348 e. The Bertz CT molecular complexity index is 852. The van der Waals surface area contributed by atoms with Gasteiger partial charge < -0.3 is 16.0 Å². The Morgan fingerprint density at radius 2 is 1.90 bits per heavy atom. The zero-order valence-corrected chi connectivity index (χ0v) is 19.9. The summed E-state index contributed by atoms with van der Waals surface area (Å²) in [6.07, 6.45) is 3.56. The molecule has 3 rings (SSSR count). The van der Waals surface area contributed by atoms with Crippen molar-refractivity contribution in [1.82, 2.24) is 15.3 Å². The van der Waals surface area contributed by atoms with Gasteiger partial charge >= 0.3 is 0 Å². The van der Waals surface area contributed by atoms with Crippen molar-refractivity contribution in [2.24, 2.45) is 11.1 Å². The van der Waals surface area contributed by atoms with E-state index in [0.717, 1.165) is 30.6 Å². The Morgan fingerprint density at radius 1 is 1.27 bits per heavy atom. The highest BCUT2D eigenvalue weighted by Gasteiger charge is 2.36. The first kappa shape index (κ1) is 26.1. The molecule has 1 aliphatic carbocycles. The van der Waals surface area contributed by atoms with E-state index in [4.69, 9.17) is 10.7 Å². The van der Waals surface area contributed by atoms with Crippen molar-refractivity contribution >= 4 is 36.7 Å². The van der Waals surface area contributed by atoms with Crippen LogP contribution in [0.25, 0.3) is 0 Å². The van der Waals surface area contributed by atoms with Crippen LogP contribution in [0.1, 0.15) is 57.0 Å². The molecule has 0 fully saturated rings. The van der Waals surface area contributed by atoms with Gasteiger partial charge in [0.15, 0.2) is 0 Å². The van der Waals surface area contributed by atoms with Crippen LogP contribution in [-0.2, 0) is 17.8 Å². The lowest BCUT2D eigenvalue weighted by Gasteiger charge is -2.37. The topological polar surface area (TPSA) is 84.1 Å². The molecule has 1 aromatic carbocycles. The quantitative estimate of drug-likeness (QED) is 0.718. The number of nitrogens with zero attached hydrogens (tertiary/aromatic N) is 3. The normalized spacial score (nSPS) is 17.1. The molecule has 0 bridgehead atoms. The third-order valence-electron chi connectivity index (χ3n) is 5.16. The van der Waals surface area contributed by atoms with Crippen LogP contribution in [0.3, 0.4) is 0 Å². The zero-order valence-electron chi connectivity index (χ0n) is 18.3. The lowest BCUT2D eigenvalue weighted by atomic mass is 9.74. The first-order valence-corrected chi connectivity index (χ1v) is 9.76. The minimum absolute atomic E-state index is 0. The number of aromatic nitrogens is 2. The van der Waals surface area contributed by atoms with E-state index in [9.17, 15) is 4.79 Å². The number of hydrogen-bond donors (Lipinski definition) is 2. The van der Waals surface area contributed by atoms with Gasteiger partial charge in [-0.1, -0.05) is 44.2 Å². The molecular formula is C22H33Cl2N5O. The van der Waals surface area contributed by atoms with E-state index in [0.29, 0.717) is 5.95 Å². The number of hydrogen-bond acceptors (Lipinski definition) is 5. The van der Waals surface area contributed by atoms with Gasteiger partial charge in [-0.25, -0.2) is 9.97 Å². The molecular weight excluding hydrogens is 421 g/mol. The number of carbonyl (C=O) groups is 1. The first-order chi connectivity index (χ1) is 13.0. The van der Waals surface area contributed by atoms with E-state index in [2.05, 4.69) is 36.3 Å². The molecule has 0 saturated heterocycles. The number of nitrogens with one attached hydrogen (secondary N) is 1. The standard InChI is InChI=1S/C22H31N5O.2ClH/c1-21(2)11-17(25-19(28)22(3,4)23)16-13-24-20(26-18(16)12-21)27(5)14-15-9-7-6-8-10-15;;/h6-10,13,17H,11-12,14,23H2,1-5H3,(H,25,28);2*1H. The number of benzene rings is 1. The average Bonchev–Trinajstić information content (AvgIpc) is 2.60. The summed E-state index contributed by atoms with van der Waals surface area (Å²) < 4.78 is 0. The molecule has 2 aromatic rings. The summed E-state index contributed by atoms with van der Waals surface area (Å²) in [7, 11) is 2.00. The molecule has 1 heterocycles. The lowest BCUT2D eigenvalue weighted by Crippen LogP contribution is -2.51. The molecule has 1 unspecified atom stereocenters. The summed E-state index contributed by atoms with van der Waals surface area (Å²) in [6, 6.07) is 10.1. The highest BCUT2D eigenvalue weighted by Crippen LogP contribution is 2.40. The number of rotatable bonds is 5. The van der Waals surface area contributed by atoms with E-state index in [1.807, 2.05) is 36.3 Å². The van der Waals surface area contributed by atoms with Gasteiger partial charge in [-0.05, 0) is 37.7 Å². The number of anilines is 1. The third kappa shape index (κ3) is 6.30. The number of halogens is 2. The van der Waals surface area contributed by atoms with Gasteiger partial charge in [0.2, 0.25) is 11.9 Å². The predicted octanol–water partition coefficient (Wildman–Crippen LogP) is 3.82. The SMILES string of the molecule is CN(Cc1ccccc1)c1ncc2c(n1)CC(C)(C)CC2NC(=O)C(C)(C)N.Cl.Cl. The van der Waals surface area contributed by atoms with Crippen LogP contribution in [0.2, 0.25) is 0 Å². The molecule has 0 saturated carbocycles. The van der Waals surface area contributed by atoms with Crippen LogP contribution in [0.4, 0.5) is 5.95 Å². The largest absolute Gasteiger partial charge is 0.348 e. The molecule has 1 atom stereocenters. The van der Waals surface area contributed by atoms with Crippen molar-refractivity contribution in [3.05, 3.63) is 53.3 Å². The predicted molar refractivity (Wildman–Crippen MR) is 126 cm³/mol. The van der Waals surface area contributed by atoms with Crippen LogP contribution < -0.4 is 16.0 Å². The Kier molecular flexibility index (Phi) is 8.67. The maximum absolute atomic E-state index is 12.4. The molecule has 0 aliphatic heterocycles. The van der Waals surface area contributed by atoms with Crippen LogP contribution >= 0.6 is 24.8 Å². The maximum Gasteiger partial charge on any atom is 0.239 e. The van der Waals surface area contributed by atoms with Crippen molar-refractivity contribution in [2.45, 2.75) is 58.7 Å². The monoisotopic (exact) mass is 453 g/mol. The van der Waals surface area contributed by atoms with Gasteiger partial charge in [-0.2, -0.15) is 0 Å². The fourth-order valence-electron chi connectivity index (χ4n) is 3.62. The van der Waals surface area contributed by atoms with Crippen molar-refractivity contribution < 1.29 is 4.79 Å². The van der Waals surface area contributed by atoms with E-state index in [-0.39, 0.29) is 42.2 Å². The van der Waals surface area contributed by atoms with Gasteiger partial charge in [0.1, 0.15) is 0 Å². The van der Waals surface area contributed by atoms with Crippen molar-refractivity contribution in [1.29, 1.82) is 0 Å². The fourth-order valence-corrected chi connectivity index (χ4v) is 3.62. The summed E-state index contributed by atoms with van der Waals surface area (Å²) in [6.45, 7) is 8.59. The van der Waals surface area contributed by atoms with E-state index < -0.39 is 5.54 Å². The second-order valence-electron chi connectivity index (χ2n) is 9.21. The molecule has 6 nitrogen and oxygen atoms in total. The average molecular weight is 454 g/mol.